The molecule has 2 atom stereocenters. The lowest BCUT2D eigenvalue weighted by Crippen LogP contribution is -2.25. The number of rotatable bonds is 3. The number of hydrogen-bond donors (Lipinski definition) is 0. The first kappa shape index (κ1) is 13.5. The standard InChI is InChI=1S/C17H14N2O2/c18-10-12-3-5-13(6-4-12)15-7-9-21-17(15)16(20)14-2-1-8-19-11-14/h1-6,8,11,15,17H,7,9H2. The predicted octanol–water partition coefficient (Wildman–Crippen LogP) is 2.71. The van der Waals surface area contributed by atoms with Gasteiger partial charge in [0.2, 0.25) is 0 Å². The van der Waals surface area contributed by atoms with E-state index in [0.717, 1.165) is 12.0 Å². The van der Waals surface area contributed by atoms with Gasteiger partial charge in [-0.25, -0.2) is 0 Å². The molecule has 2 unspecified atom stereocenters. The molecule has 3 rings (SSSR count). The third kappa shape index (κ3) is 2.69. The average molecular weight is 278 g/mol. The predicted molar refractivity (Wildman–Crippen MR) is 76.8 cm³/mol. The number of hydrogen-bond acceptors (Lipinski definition) is 4. The molecule has 1 aliphatic heterocycles. The average Bonchev–Trinajstić information content (AvgIpc) is 3.04. The van der Waals surface area contributed by atoms with E-state index in [-0.39, 0.29) is 11.7 Å². The Balaban J connectivity index is 1.85. The van der Waals surface area contributed by atoms with Crippen LogP contribution < -0.4 is 0 Å². The van der Waals surface area contributed by atoms with Crippen molar-refractivity contribution in [1.29, 1.82) is 5.26 Å². The first-order valence-electron chi connectivity index (χ1n) is 6.85. The van der Waals surface area contributed by atoms with Crippen molar-refractivity contribution in [2.75, 3.05) is 6.61 Å². The second-order valence-corrected chi connectivity index (χ2v) is 5.03. The largest absolute Gasteiger partial charge is 0.369 e. The van der Waals surface area contributed by atoms with E-state index in [4.69, 9.17) is 10.00 Å². The number of pyridine rings is 1. The van der Waals surface area contributed by atoms with E-state index in [0.29, 0.717) is 17.7 Å². The second-order valence-electron chi connectivity index (χ2n) is 5.03. The first-order chi connectivity index (χ1) is 10.3. The van der Waals surface area contributed by atoms with Crippen LogP contribution in [0.4, 0.5) is 0 Å². The van der Waals surface area contributed by atoms with Crippen molar-refractivity contribution in [1.82, 2.24) is 4.98 Å². The van der Waals surface area contributed by atoms with Crippen molar-refractivity contribution in [2.45, 2.75) is 18.4 Å². The third-order valence-electron chi connectivity index (χ3n) is 3.76. The molecule has 0 N–H and O–H groups in total. The lowest BCUT2D eigenvalue weighted by molar-refractivity contribution is 0.0615. The number of carbonyl (C=O) groups excluding carboxylic acids is 1. The molecule has 104 valence electrons. The molecule has 4 nitrogen and oxygen atoms in total. The molecule has 1 saturated heterocycles. The fourth-order valence-corrected chi connectivity index (χ4v) is 2.67. The van der Waals surface area contributed by atoms with E-state index < -0.39 is 6.10 Å². The Bertz CT molecular complexity index is 674. The van der Waals surface area contributed by atoms with Gasteiger partial charge in [0.25, 0.3) is 0 Å². The summed E-state index contributed by atoms with van der Waals surface area (Å²) in [5, 5.41) is 8.85. The fraction of sp³-hybridized carbons (Fsp3) is 0.235. The van der Waals surface area contributed by atoms with Gasteiger partial charge in [-0.15, -0.1) is 0 Å². The summed E-state index contributed by atoms with van der Waals surface area (Å²) in [6, 6.07) is 13.0. The summed E-state index contributed by atoms with van der Waals surface area (Å²) in [4.78, 5) is 16.5. The minimum atomic E-state index is -0.470. The van der Waals surface area contributed by atoms with Gasteiger partial charge in [-0.2, -0.15) is 5.26 Å². The summed E-state index contributed by atoms with van der Waals surface area (Å²) in [5.74, 6) is 0.000378. The molecule has 4 heteroatoms. The normalized spacial score (nSPS) is 20.9. The Morgan fingerprint density at radius 3 is 2.76 bits per heavy atom. The Kier molecular flexibility index (Phi) is 3.76. The summed E-state index contributed by atoms with van der Waals surface area (Å²) in [5.41, 5.74) is 2.23. The molecule has 21 heavy (non-hydrogen) atoms. The molecule has 1 aliphatic rings. The van der Waals surface area contributed by atoms with Crippen LogP contribution in [0.3, 0.4) is 0 Å². The van der Waals surface area contributed by atoms with Crippen molar-refractivity contribution < 1.29 is 9.53 Å². The van der Waals surface area contributed by atoms with Crippen LogP contribution >= 0.6 is 0 Å². The number of carbonyl (C=O) groups is 1. The molecule has 0 aliphatic carbocycles. The zero-order valence-corrected chi connectivity index (χ0v) is 11.4. The lowest BCUT2D eigenvalue weighted by Gasteiger charge is -2.17. The zero-order valence-electron chi connectivity index (χ0n) is 11.4. The highest BCUT2D eigenvalue weighted by molar-refractivity contribution is 6.00. The van der Waals surface area contributed by atoms with Crippen LogP contribution in [0.2, 0.25) is 0 Å². The molecule has 0 radical (unpaired) electrons. The van der Waals surface area contributed by atoms with E-state index in [1.165, 1.54) is 0 Å². The summed E-state index contributed by atoms with van der Waals surface area (Å²) < 4.78 is 5.65. The molecule has 0 bridgehead atoms. The fourth-order valence-electron chi connectivity index (χ4n) is 2.67. The van der Waals surface area contributed by atoms with Crippen LogP contribution in [0.25, 0.3) is 0 Å². The topological polar surface area (TPSA) is 63.0 Å². The molecule has 1 fully saturated rings. The van der Waals surface area contributed by atoms with Crippen molar-refractivity contribution in [3.63, 3.8) is 0 Å². The van der Waals surface area contributed by atoms with Gasteiger partial charge >= 0.3 is 0 Å². The maximum absolute atomic E-state index is 12.5. The van der Waals surface area contributed by atoms with Gasteiger partial charge in [0.05, 0.1) is 11.6 Å². The highest BCUT2D eigenvalue weighted by atomic mass is 16.5. The van der Waals surface area contributed by atoms with Crippen molar-refractivity contribution in [2.24, 2.45) is 0 Å². The molecule has 0 amide bonds. The SMILES string of the molecule is N#Cc1ccc(C2CCOC2C(=O)c2cccnc2)cc1. The van der Waals surface area contributed by atoms with E-state index >= 15 is 0 Å². The highest BCUT2D eigenvalue weighted by Crippen LogP contribution is 2.33. The summed E-state index contributed by atoms with van der Waals surface area (Å²) >= 11 is 0. The minimum absolute atomic E-state index is 0.0324. The number of aromatic nitrogens is 1. The Labute approximate surface area is 123 Å². The van der Waals surface area contributed by atoms with Crippen molar-refractivity contribution >= 4 is 5.78 Å². The van der Waals surface area contributed by atoms with Crippen LogP contribution in [0, 0.1) is 11.3 Å². The van der Waals surface area contributed by atoms with Crippen LogP contribution in [-0.4, -0.2) is 23.5 Å². The van der Waals surface area contributed by atoms with Crippen LogP contribution in [0.15, 0.2) is 48.8 Å². The maximum atomic E-state index is 12.5. The number of ether oxygens (including phenoxy) is 1. The molecule has 1 aromatic carbocycles. The third-order valence-corrected chi connectivity index (χ3v) is 3.76. The van der Waals surface area contributed by atoms with E-state index in [1.807, 2.05) is 12.1 Å². The quantitative estimate of drug-likeness (QED) is 0.810. The number of benzene rings is 1. The first-order valence-corrected chi connectivity index (χ1v) is 6.85. The van der Waals surface area contributed by atoms with Gasteiger partial charge in [-0.1, -0.05) is 12.1 Å². The number of ketones is 1. The lowest BCUT2D eigenvalue weighted by atomic mass is 9.88. The van der Waals surface area contributed by atoms with Crippen LogP contribution in [0.5, 0.6) is 0 Å². The minimum Gasteiger partial charge on any atom is -0.369 e. The molecule has 2 aromatic rings. The number of Topliss-reactive ketones (excluding diaryl/α,β-unsaturated/α-hetero) is 1. The summed E-state index contributed by atoms with van der Waals surface area (Å²) in [6.07, 6.45) is 3.55. The van der Waals surface area contributed by atoms with Crippen molar-refractivity contribution in [3.8, 4) is 6.07 Å². The van der Waals surface area contributed by atoms with Crippen LogP contribution in [0.1, 0.15) is 33.8 Å². The molecule has 0 spiro atoms. The second kappa shape index (κ2) is 5.86. The van der Waals surface area contributed by atoms with Gasteiger partial charge < -0.3 is 4.74 Å². The maximum Gasteiger partial charge on any atom is 0.193 e. The smallest absolute Gasteiger partial charge is 0.193 e. The Morgan fingerprint density at radius 1 is 1.29 bits per heavy atom. The van der Waals surface area contributed by atoms with Gasteiger partial charge in [0.15, 0.2) is 5.78 Å². The highest BCUT2D eigenvalue weighted by Gasteiger charge is 2.35. The monoisotopic (exact) mass is 278 g/mol. The molecule has 1 aromatic heterocycles. The van der Waals surface area contributed by atoms with Crippen LogP contribution in [-0.2, 0) is 4.74 Å². The molecule has 2 heterocycles. The number of nitrogens with zero attached hydrogens (tertiary/aromatic N) is 2. The van der Waals surface area contributed by atoms with Gasteiger partial charge in [0.1, 0.15) is 6.10 Å². The van der Waals surface area contributed by atoms with Gasteiger partial charge in [-0.05, 0) is 36.2 Å². The summed E-state index contributed by atoms with van der Waals surface area (Å²) in [6.45, 7) is 0.571. The van der Waals surface area contributed by atoms with Gasteiger partial charge in [-0.3, -0.25) is 9.78 Å². The van der Waals surface area contributed by atoms with E-state index in [1.54, 1.807) is 36.7 Å². The molecule has 0 saturated carbocycles. The van der Waals surface area contributed by atoms with Crippen molar-refractivity contribution in [3.05, 3.63) is 65.5 Å². The number of nitriles is 1. The van der Waals surface area contributed by atoms with E-state index in [2.05, 4.69) is 11.1 Å². The molecular weight excluding hydrogens is 264 g/mol. The zero-order chi connectivity index (χ0) is 14.7. The van der Waals surface area contributed by atoms with E-state index in [9.17, 15) is 4.79 Å². The summed E-state index contributed by atoms with van der Waals surface area (Å²) in [7, 11) is 0. The van der Waals surface area contributed by atoms with Gasteiger partial charge in [0, 0.05) is 30.5 Å². The Morgan fingerprint density at radius 2 is 2.10 bits per heavy atom. The Hall–Kier alpha value is -2.51. The molecular formula is C17H14N2O2.